The van der Waals surface area contributed by atoms with E-state index in [2.05, 4.69) is 50.3 Å². The van der Waals surface area contributed by atoms with Crippen LogP contribution in [-0.2, 0) is 11.2 Å². The summed E-state index contributed by atoms with van der Waals surface area (Å²) in [6.45, 7) is 3.30. The highest BCUT2D eigenvalue weighted by Crippen LogP contribution is 2.39. The first-order chi connectivity index (χ1) is 19.5. The number of hydrogen-bond acceptors (Lipinski definition) is 8. The van der Waals surface area contributed by atoms with Crippen molar-refractivity contribution < 1.29 is 9.53 Å². The Morgan fingerprint density at radius 3 is 2.80 bits per heavy atom. The summed E-state index contributed by atoms with van der Waals surface area (Å²) >= 11 is 0. The van der Waals surface area contributed by atoms with Gasteiger partial charge in [0, 0.05) is 56.3 Å². The minimum Gasteiger partial charge on any atom is -0.450 e. The molecule has 1 aromatic carbocycles. The molecule has 4 aromatic rings. The molecule has 3 aromatic heterocycles. The van der Waals surface area contributed by atoms with E-state index in [-0.39, 0.29) is 11.5 Å². The lowest BCUT2D eigenvalue weighted by atomic mass is 9.73. The topological polar surface area (TPSA) is 122 Å². The molecule has 5 rings (SSSR count). The minimum atomic E-state index is -0.289. The molecule has 1 aliphatic rings. The van der Waals surface area contributed by atoms with Crippen LogP contribution >= 0.6 is 0 Å². The molecule has 4 heterocycles. The van der Waals surface area contributed by atoms with Crippen LogP contribution in [0.2, 0.25) is 0 Å². The van der Waals surface area contributed by atoms with Gasteiger partial charge in [-0.1, -0.05) is 18.2 Å². The fraction of sp³-hybridized carbons (Fsp3) is 0.367. The predicted octanol–water partition coefficient (Wildman–Crippen LogP) is 4.89. The van der Waals surface area contributed by atoms with Crippen LogP contribution in [0.4, 0.5) is 4.79 Å². The quantitative estimate of drug-likeness (QED) is 0.294. The summed E-state index contributed by atoms with van der Waals surface area (Å²) in [7, 11) is 1.72. The highest BCUT2D eigenvalue weighted by molar-refractivity contribution is 6.08. The van der Waals surface area contributed by atoms with E-state index in [0.717, 1.165) is 40.6 Å². The van der Waals surface area contributed by atoms with Gasteiger partial charge in [-0.15, -0.1) is 0 Å². The molecule has 204 valence electrons. The fourth-order valence-corrected chi connectivity index (χ4v) is 5.20. The summed E-state index contributed by atoms with van der Waals surface area (Å²) in [6.07, 6.45) is 12.1. The number of aliphatic imine (C=N–C) groups is 1. The second-order valence-electron chi connectivity index (χ2n) is 10.1. The maximum atomic E-state index is 12.2. The molecule has 1 fully saturated rings. The molecule has 1 amide bonds. The largest absolute Gasteiger partial charge is 0.450 e. The molecule has 0 saturated carbocycles. The molecule has 10 heteroatoms. The number of allylic oxidation sites excluding steroid dienone is 2. The molecule has 1 aliphatic heterocycles. The Labute approximate surface area is 233 Å². The van der Waals surface area contributed by atoms with Crippen LogP contribution in [0.5, 0.6) is 0 Å². The standard InChI is InChI=1S/C30H32N8O2/c1-3-40-29(39)37-15-11-30(10-13-31,12-16-37)9-8-24(19-32-2)27-21-35-28-34-20-25(38(28)36-27)18-22-6-7-26-23(17-22)5-4-14-33-26/h4-8,14,17,19-21H,3,9-12,15-16,18H2,1-2H3/b24-8?,32-19-. The Morgan fingerprint density at radius 1 is 1.20 bits per heavy atom. The number of carbonyl (C=O) groups is 1. The highest BCUT2D eigenvalue weighted by Gasteiger charge is 2.35. The van der Waals surface area contributed by atoms with Crippen LogP contribution in [0.15, 0.2) is 60.0 Å². The third-order valence-corrected chi connectivity index (χ3v) is 7.48. The first kappa shape index (κ1) is 26.9. The number of ether oxygens (including phenoxy) is 1. The van der Waals surface area contributed by atoms with E-state index < -0.39 is 0 Å². The molecule has 0 N–H and O–H groups in total. The van der Waals surface area contributed by atoms with E-state index in [1.54, 1.807) is 42.0 Å². The number of amides is 1. The minimum absolute atomic E-state index is 0.229. The third kappa shape index (κ3) is 5.83. The summed E-state index contributed by atoms with van der Waals surface area (Å²) in [5.74, 6) is 0.529. The smallest absolute Gasteiger partial charge is 0.409 e. The van der Waals surface area contributed by atoms with Gasteiger partial charge in [-0.25, -0.2) is 19.3 Å². The number of piperidine rings is 1. The van der Waals surface area contributed by atoms with Crippen molar-refractivity contribution in [2.24, 2.45) is 10.4 Å². The molecule has 10 nitrogen and oxygen atoms in total. The third-order valence-electron chi connectivity index (χ3n) is 7.48. The Hall–Kier alpha value is -4.65. The van der Waals surface area contributed by atoms with E-state index in [1.807, 2.05) is 18.3 Å². The number of carbonyl (C=O) groups excluding carboxylic acids is 1. The Kier molecular flexibility index (Phi) is 8.10. The first-order valence-corrected chi connectivity index (χ1v) is 13.5. The van der Waals surface area contributed by atoms with Crippen molar-refractivity contribution in [2.45, 2.75) is 39.0 Å². The molecule has 0 atom stereocenters. The zero-order valence-corrected chi connectivity index (χ0v) is 22.8. The average molecular weight is 537 g/mol. The van der Waals surface area contributed by atoms with E-state index in [9.17, 15) is 10.1 Å². The fourth-order valence-electron chi connectivity index (χ4n) is 5.20. The van der Waals surface area contributed by atoms with Crippen LogP contribution in [0.1, 0.15) is 49.6 Å². The Morgan fingerprint density at radius 2 is 2.02 bits per heavy atom. The zero-order chi connectivity index (χ0) is 28.0. The molecular formula is C30H32N8O2. The van der Waals surface area contributed by atoms with Crippen molar-refractivity contribution >= 4 is 34.6 Å². The van der Waals surface area contributed by atoms with E-state index in [4.69, 9.17) is 9.84 Å². The van der Waals surface area contributed by atoms with E-state index in [0.29, 0.717) is 50.4 Å². The van der Waals surface area contributed by atoms with Crippen molar-refractivity contribution in [3.05, 3.63) is 71.9 Å². The molecule has 0 radical (unpaired) electrons. The lowest BCUT2D eigenvalue weighted by Crippen LogP contribution is -2.43. The number of hydrogen-bond donors (Lipinski definition) is 0. The average Bonchev–Trinajstić information content (AvgIpc) is 3.37. The van der Waals surface area contributed by atoms with Gasteiger partial charge in [-0.2, -0.15) is 10.4 Å². The van der Waals surface area contributed by atoms with Gasteiger partial charge in [0.1, 0.15) is 5.69 Å². The number of nitrogens with zero attached hydrogens (tertiary/aromatic N) is 8. The monoisotopic (exact) mass is 536 g/mol. The number of imidazole rings is 1. The summed E-state index contributed by atoms with van der Waals surface area (Å²) < 4.78 is 6.94. The van der Waals surface area contributed by atoms with Crippen molar-refractivity contribution in [2.75, 3.05) is 26.7 Å². The molecule has 1 saturated heterocycles. The van der Waals surface area contributed by atoms with Gasteiger partial charge in [0.25, 0.3) is 5.78 Å². The van der Waals surface area contributed by atoms with Crippen LogP contribution < -0.4 is 0 Å². The van der Waals surface area contributed by atoms with Gasteiger partial charge in [0.15, 0.2) is 0 Å². The number of rotatable bonds is 8. The molecular weight excluding hydrogens is 504 g/mol. The number of benzene rings is 1. The molecule has 40 heavy (non-hydrogen) atoms. The van der Waals surface area contributed by atoms with E-state index in [1.165, 1.54) is 0 Å². The van der Waals surface area contributed by atoms with Gasteiger partial charge in [0.2, 0.25) is 0 Å². The maximum Gasteiger partial charge on any atom is 0.409 e. The lowest BCUT2D eigenvalue weighted by Gasteiger charge is -2.39. The van der Waals surface area contributed by atoms with Gasteiger partial charge in [-0.05, 0) is 55.4 Å². The zero-order valence-electron chi connectivity index (χ0n) is 22.8. The second-order valence-corrected chi connectivity index (χ2v) is 10.1. The summed E-state index contributed by atoms with van der Waals surface area (Å²) in [5.41, 5.74) is 4.30. The number of likely N-dealkylation sites (tertiary alicyclic amines) is 1. The van der Waals surface area contributed by atoms with Gasteiger partial charge >= 0.3 is 6.09 Å². The van der Waals surface area contributed by atoms with Crippen LogP contribution in [-0.4, -0.2) is 68.5 Å². The number of nitriles is 1. The lowest BCUT2D eigenvalue weighted by molar-refractivity contribution is 0.0701. The highest BCUT2D eigenvalue weighted by atomic mass is 16.6. The normalized spacial score (nSPS) is 15.5. The molecule has 0 aliphatic carbocycles. The molecule has 0 unspecified atom stereocenters. The van der Waals surface area contributed by atoms with Gasteiger partial charge in [-0.3, -0.25) is 9.98 Å². The second kappa shape index (κ2) is 12.0. The SMILES string of the molecule is CCOC(=O)N1CCC(CC#N)(CC=C(/C=N\C)c2cnc3ncc(Cc4ccc5ncccc5c4)n3n2)CC1. The van der Waals surface area contributed by atoms with E-state index >= 15 is 0 Å². The predicted molar refractivity (Wildman–Crippen MR) is 153 cm³/mol. The van der Waals surface area contributed by atoms with Crippen molar-refractivity contribution in [1.29, 1.82) is 5.26 Å². The van der Waals surface area contributed by atoms with Crippen molar-refractivity contribution in [3.8, 4) is 6.07 Å². The van der Waals surface area contributed by atoms with Gasteiger partial charge < -0.3 is 9.64 Å². The molecule has 0 bridgehead atoms. The maximum absolute atomic E-state index is 12.2. The summed E-state index contributed by atoms with van der Waals surface area (Å²) in [6, 6.07) is 12.6. The number of pyridine rings is 1. The van der Waals surface area contributed by atoms with Gasteiger partial charge in [0.05, 0.1) is 36.3 Å². The Bertz CT molecular complexity index is 1610. The summed E-state index contributed by atoms with van der Waals surface area (Å²) in [4.78, 5) is 31.6. The first-order valence-electron chi connectivity index (χ1n) is 13.5. The van der Waals surface area contributed by atoms with Crippen LogP contribution in [0.3, 0.4) is 0 Å². The Balaban J connectivity index is 1.39. The van der Waals surface area contributed by atoms with Crippen LogP contribution in [0.25, 0.3) is 22.3 Å². The summed E-state index contributed by atoms with van der Waals surface area (Å²) in [5, 5.41) is 15.6. The number of aromatic nitrogens is 5. The van der Waals surface area contributed by atoms with Crippen molar-refractivity contribution in [3.63, 3.8) is 0 Å². The van der Waals surface area contributed by atoms with Crippen LogP contribution in [0, 0.1) is 16.7 Å². The number of fused-ring (bicyclic) bond motifs is 2. The van der Waals surface area contributed by atoms with Crippen molar-refractivity contribution in [1.82, 2.24) is 29.5 Å². The molecule has 0 spiro atoms.